The van der Waals surface area contributed by atoms with Gasteiger partial charge < -0.3 is 4.90 Å². The van der Waals surface area contributed by atoms with E-state index in [9.17, 15) is 4.79 Å². The molecule has 0 N–H and O–H groups in total. The van der Waals surface area contributed by atoms with Gasteiger partial charge in [-0.05, 0) is 36.8 Å². The Balaban J connectivity index is 1.68. The van der Waals surface area contributed by atoms with Crippen LogP contribution >= 0.6 is 24.0 Å². The monoisotopic (exact) mass is 340 g/mol. The molecule has 0 aromatic heterocycles. The molecule has 2 atom stereocenters. The van der Waals surface area contributed by atoms with E-state index in [1.807, 2.05) is 30.3 Å². The Labute approximate surface area is 145 Å². The highest BCUT2D eigenvalue weighted by Crippen LogP contribution is 2.46. The molecule has 116 valence electrons. The number of hydrogen-bond donors (Lipinski definition) is 0. The Bertz CT molecular complexity index is 760. The third kappa shape index (κ3) is 2.35. The van der Waals surface area contributed by atoms with Gasteiger partial charge in [-0.1, -0.05) is 48.0 Å². The van der Waals surface area contributed by atoms with E-state index in [-0.39, 0.29) is 17.3 Å². The highest BCUT2D eigenvalue weighted by molar-refractivity contribution is 7.99. The van der Waals surface area contributed by atoms with Gasteiger partial charge in [0.2, 0.25) is 0 Å². The maximum Gasteiger partial charge on any atom is 0.257 e. The average molecular weight is 340 g/mol. The van der Waals surface area contributed by atoms with Crippen molar-refractivity contribution in [3.05, 3.63) is 65.7 Å². The summed E-state index contributed by atoms with van der Waals surface area (Å²) in [5.74, 6) is 0.865. The lowest BCUT2D eigenvalue weighted by molar-refractivity contribution is -0.119. The van der Waals surface area contributed by atoms with Crippen molar-refractivity contribution >= 4 is 40.7 Å². The summed E-state index contributed by atoms with van der Waals surface area (Å²) in [7, 11) is 0. The number of nitrogens with zero attached hydrogens (tertiary/aromatic N) is 2. The second-order valence-corrected chi connectivity index (χ2v) is 7.29. The van der Waals surface area contributed by atoms with Crippen LogP contribution in [0.25, 0.3) is 0 Å². The second kappa shape index (κ2) is 5.65. The number of carbonyl (C=O) groups excluding carboxylic acids is 1. The van der Waals surface area contributed by atoms with E-state index in [0.29, 0.717) is 5.11 Å². The Hall–Kier alpha value is -1.85. The number of carbonyl (C=O) groups is 1. The first-order chi connectivity index (χ1) is 11.2. The summed E-state index contributed by atoms with van der Waals surface area (Å²) in [6.07, 6.45) is 0. The standard InChI is InChI=1S/C18H16N2OS2/c1-12-7-9-13(10-8-12)17-20-15(11-23-17)16(21)19(18(20)22)14-5-3-2-4-6-14/h2-10,15,17H,11H2,1H3/t15-,17-/m1/s1. The van der Waals surface area contributed by atoms with Crippen LogP contribution in [-0.2, 0) is 4.79 Å². The zero-order chi connectivity index (χ0) is 16.0. The summed E-state index contributed by atoms with van der Waals surface area (Å²) in [5, 5.41) is 0.729. The third-order valence-corrected chi connectivity index (χ3v) is 6.01. The molecule has 2 aliphatic heterocycles. The molecule has 0 aliphatic carbocycles. The first-order valence-corrected chi connectivity index (χ1v) is 9.02. The molecule has 0 unspecified atom stereocenters. The first kappa shape index (κ1) is 14.7. The van der Waals surface area contributed by atoms with Crippen molar-refractivity contribution < 1.29 is 4.79 Å². The number of aryl methyl sites for hydroxylation is 1. The van der Waals surface area contributed by atoms with E-state index < -0.39 is 0 Å². The number of thiocarbonyl (C=S) groups is 1. The Morgan fingerprint density at radius 1 is 1.09 bits per heavy atom. The second-order valence-electron chi connectivity index (χ2n) is 5.81. The minimum absolute atomic E-state index is 0.0864. The van der Waals surface area contributed by atoms with E-state index >= 15 is 0 Å². The van der Waals surface area contributed by atoms with Gasteiger partial charge in [0, 0.05) is 5.75 Å². The van der Waals surface area contributed by atoms with Crippen molar-refractivity contribution in [2.45, 2.75) is 18.3 Å². The minimum atomic E-state index is -0.154. The molecule has 4 rings (SSSR count). The quantitative estimate of drug-likeness (QED) is 0.777. The largest absolute Gasteiger partial charge is 0.319 e. The minimum Gasteiger partial charge on any atom is -0.319 e. The van der Waals surface area contributed by atoms with Crippen LogP contribution in [-0.4, -0.2) is 27.7 Å². The zero-order valence-corrected chi connectivity index (χ0v) is 14.3. The van der Waals surface area contributed by atoms with Crippen LogP contribution in [0.15, 0.2) is 54.6 Å². The highest BCUT2D eigenvalue weighted by atomic mass is 32.2. The first-order valence-electron chi connectivity index (χ1n) is 7.56. The van der Waals surface area contributed by atoms with Crippen molar-refractivity contribution in [2.24, 2.45) is 0 Å². The Morgan fingerprint density at radius 2 is 1.78 bits per heavy atom. The number of benzene rings is 2. The fraction of sp³-hybridized carbons (Fsp3) is 0.222. The predicted molar refractivity (Wildman–Crippen MR) is 98.5 cm³/mol. The molecule has 2 aliphatic rings. The van der Waals surface area contributed by atoms with Crippen molar-refractivity contribution in [2.75, 3.05) is 10.7 Å². The van der Waals surface area contributed by atoms with Crippen molar-refractivity contribution in [1.82, 2.24) is 4.90 Å². The third-order valence-electron chi connectivity index (χ3n) is 4.29. The van der Waals surface area contributed by atoms with Gasteiger partial charge in [0.25, 0.3) is 5.91 Å². The van der Waals surface area contributed by atoms with Crippen molar-refractivity contribution in [3.63, 3.8) is 0 Å². The number of amides is 1. The number of para-hydroxylation sites is 1. The lowest BCUT2D eigenvalue weighted by Gasteiger charge is -2.25. The molecule has 2 aromatic rings. The van der Waals surface area contributed by atoms with E-state index in [2.05, 4.69) is 36.1 Å². The fourth-order valence-electron chi connectivity index (χ4n) is 3.09. The molecule has 1 amide bonds. The summed E-state index contributed by atoms with van der Waals surface area (Å²) >= 11 is 7.45. The predicted octanol–water partition coefficient (Wildman–Crippen LogP) is 3.74. The maximum absolute atomic E-state index is 12.8. The molecule has 3 nitrogen and oxygen atoms in total. The van der Waals surface area contributed by atoms with E-state index in [0.717, 1.165) is 11.4 Å². The molecule has 2 heterocycles. The SMILES string of the molecule is Cc1ccc([C@H]2SC[C@@H]3C(=O)N(c4ccccc4)C(=S)N32)cc1. The van der Waals surface area contributed by atoms with Crippen molar-refractivity contribution in [1.29, 1.82) is 0 Å². The van der Waals surface area contributed by atoms with Crippen LogP contribution in [0, 0.1) is 6.92 Å². The lowest BCUT2D eigenvalue weighted by Crippen LogP contribution is -2.33. The number of thioether (sulfide) groups is 1. The van der Waals surface area contributed by atoms with Gasteiger partial charge in [0.1, 0.15) is 11.4 Å². The molecule has 2 fully saturated rings. The molecule has 0 saturated carbocycles. The molecule has 2 aromatic carbocycles. The van der Waals surface area contributed by atoms with Gasteiger partial charge in [0.05, 0.1) is 5.69 Å². The molecular formula is C18H16N2OS2. The summed E-state index contributed by atoms with van der Waals surface area (Å²) in [5.41, 5.74) is 3.29. The van der Waals surface area contributed by atoms with Crippen LogP contribution in [0.2, 0.25) is 0 Å². The number of fused-ring (bicyclic) bond motifs is 1. The zero-order valence-electron chi connectivity index (χ0n) is 12.7. The molecular weight excluding hydrogens is 324 g/mol. The number of anilines is 1. The molecule has 0 spiro atoms. The van der Waals surface area contributed by atoms with Gasteiger partial charge in [-0.25, -0.2) is 0 Å². The molecule has 5 heteroatoms. The van der Waals surface area contributed by atoms with E-state index in [1.54, 1.807) is 16.7 Å². The topological polar surface area (TPSA) is 23.6 Å². The molecule has 23 heavy (non-hydrogen) atoms. The highest BCUT2D eigenvalue weighted by Gasteiger charge is 2.50. The number of rotatable bonds is 2. The summed E-state index contributed by atoms with van der Waals surface area (Å²) in [6.45, 7) is 2.08. The summed E-state index contributed by atoms with van der Waals surface area (Å²) < 4.78 is 0. The van der Waals surface area contributed by atoms with Gasteiger partial charge in [-0.2, -0.15) is 0 Å². The molecule has 2 saturated heterocycles. The van der Waals surface area contributed by atoms with Crippen LogP contribution in [0.3, 0.4) is 0 Å². The van der Waals surface area contributed by atoms with E-state index in [1.165, 1.54) is 11.1 Å². The normalized spacial score (nSPS) is 23.5. The smallest absolute Gasteiger partial charge is 0.257 e. The Morgan fingerprint density at radius 3 is 2.48 bits per heavy atom. The molecule has 0 radical (unpaired) electrons. The van der Waals surface area contributed by atoms with Gasteiger partial charge in [-0.3, -0.25) is 9.69 Å². The summed E-state index contributed by atoms with van der Waals surface area (Å²) in [4.78, 5) is 16.6. The van der Waals surface area contributed by atoms with Crippen LogP contribution in [0.1, 0.15) is 16.5 Å². The van der Waals surface area contributed by atoms with Gasteiger partial charge in [0.15, 0.2) is 5.11 Å². The fourth-order valence-corrected chi connectivity index (χ4v) is 5.01. The van der Waals surface area contributed by atoms with Gasteiger partial charge in [-0.15, -0.1) is 11.8 Å². The summed E-state index contributed by atoms with van der Waals surface area (Å²) in [6, 6.07) is 18.0. The van der Waals surface area contributed by atoms with Gasteiger partial charge >= 0.3 is 0 Å². The van der Waals surface area contributed by atoms with E-state index in [4.69, 9.17) is 12.2 Å². The van der Waals surface area contributed by atoms with Crippen LogP contribution in [0.4, 0.5) is 5.69 Å². The molecule has 0 bridgehead atoms. The average Bonchev–Trinajstić information content (AvgIpc) is 3.10. The van der Waals surface area contributed by atoms with Crippen LogP contribution in [0.5, 0.6) is 0 Å². The van der Waals surface area contributed by atoms with Crippen molar-refractivity contribution in [3.8, 4) is 0 Å². The lowest BCUT2D eigenvalue weighted by atomic mass is 10.1. The van der Waals surface area contributed by atoms with Crippen LogP contribution < -0.4 is 4.90 Å². The number of hydrogen-bond acceptors (Lipinski definition) is 3. The maximum atomic E-state index is 12.8. The Kier molecular flexibility index (Phi) is 3.62.